The van der Waals surface area contributed by atoms with E-state index in [1.54, 1.807) is 4.68 Å². The summed E-state index contributed by atoms with van der Waals surface area (Å²) in [6, 6.07) is 0. The molecule has 7 nitrogen and oxygen atoms in total. The highest BCUT2D eigenvalue weighted by Crippen LogP contribution is 2.17. The van der Waals surface area contributed by atoms with E-state index in [1.165, 1.54) is 13.4 Å². The Labute approximate surface area is 85.4 Å². The fourth-order valence-electron chi connectivity index (χ4n) is 1.44. The van der Waals surface area contributed by atoms with Crippen molar-refractivity contribution in [2.45, 2.75) is 13.0 Å². The molecule has 0 saturated carbocycles. The minimum Gasteiger partial charge on any atom is -0.469 e. The first-order chi connectivity index (χ1) is 7.20. The Hall–Kier alpha value is -1.92. The number of hydrogen-bond acceptors (Lipinski definition) is 5. The molecule has 1 aliphatic rings. The first-order valence-electron chi connectivity index (χ1n) is 4.46. The lowest BCUT2D eigenvalue weighted by molar-refractivity contribution is -0.143. The molecule has 0 saturated heterocycles. The van der Waals surface area contributed by atoms with E-state index >= 15 is 0 Å². The van der Waals surface area contributed by atoms with Crippen LogP contribution in [0.25, 0.3) is 0 Å². The van der Waals surface area contributed by atoms with Gasteiger partial charge in [-0.05, 0) is 0 Å². The highest BCUT2D eigenvalue weighted by atomic mass is 16.5. The van der Waals surface area contributed by atoms with Gasteiger partial charge in [0.05, 0.1) is 26.0 Å². The van der Waals surface area contributed by atoms with Gasteiger partial charge in [-0.25, -0.2) is 4.68 Å². The average molecular weight is 210 g/mol. The highest BCUT2D eigenvalue weighted by Gasteiger charge is 2.29. The van der Waals surface area contributed by atoms with Crippen LogP contribution in [0.1, 0.15) is 6.42 Å². The normalized spacial score (nSPS) is 19.3. The Morgan fingerprint density at radius 2 is 2.60 bits per heavy atom. The highest BCUT2D eigenvalue weighted by molar-refractivity contribution is 5.94. The van der Waals surface area contributed by atoms with Crippen molar-refractivity contribution in [2.24, 2.45) is 5.92 Å². The predicted octanol–water partition coefficient (Wildman–Crippen LogP) is -0.591. The smallest absolute Gasteiger partial charge is 0.306 e. The van der Waals surface area contributed by atoms with Crippen LogP contribution in [-0.2, 0) is 20.9 Å². The summed E-state index contributed by atoms with van der Waals surface area (Å²) in [4.78, 5) is 26.4. The van der Waals surface area contributed by atoms with E-state index in [9.17, 15) is 9.59 Å². The maximum atomic E-state index is 11.5. The molecule has 15 heavy (non-hydrogen) atoms. The number of esters is 1. The van der Waals surface area contributed by atoms with Gasteiger partial charge in [0.1, 0.15) is 6.33 Å². The Morgan fingerprint density at radius 1 is 1.80 bits per heavy atom. The number of nitrogens with zero attached hydrogens (tertiary/aromatic N) is 3. The van der Waals surface area contributed by atoms with Gasteiger partial charge in [0.15, 0.2) is 0 Å². The van der Waals surface area contributed by atoms with Crippen LogP contribution in [0, 0.1) is 5.92 Å². The maximum absolute atomic E-state index is 11.5. The van der Waals surface area contributed by atoms with Crippen molar-refractivity contribution in [1.82, 2.24) is 14.8 Å². The summed E-state index contributed by atoms with van der Waals surface area (Å²) in [7, 11) is 1.30. The summed E-state index contributed by atoms with van der Waals surface area (Å²) in [5.74, 6) is -0.646. The Balaban J connectivity index is 2.10. The second-order valence-electron chi connectivity index (χ2n) is 3.23. The van der Waals surface area contributed by atoms with E-state index in [1.807, 2.05) is 0 Å². The molecule has 1 atom stereocenters. The number of hydrogen-bond donors (Lipinski definition) is 1. The zero-order valence-electron chi connectivity index (χ0n) is 8.14. The van der Waals surface area contributed by atoms with Gasteiger partial charge in [0, 0.05) is 0 Å². The molecule has 1 amide bonds. The SMILES string of the molecule is COC(=O)CC1Cn2ncnc2NC1=O. The molecule has 0 aliphatic carbocycles. The number of fused-ring (bicyclic) bond motifs is 1. The largest absolute Gasteiger partial charge is 0.469 e. The molecule has 2 rings (SSSR count). The fourth-order valence-corrected chi connectivity index (χ4v) is 1.44. The molecule has 1 aromatic heterocycles. The number of carbonyl (C=O) groups excluding carboxylic acids is 2. The fraction of sp³-hybridized carbons (Fsp3) is 0.500. The molecule has 0 fully saturated rings. The average Bonchev–Trinajstić information content (AvgIpc) is 2.65. The Morgan fingerprint density at radius 3 is 3.33 bits per heavy atom. The number of anilines is 1. The first-order valence-corrected chi connectivity index (χ1v) is 4.46. The summed E-state index contributed by atoms with van der Waals surface area (Å²) >= 11 is 0. The van der Waals surface area contributed by atoms with E-state index < -0.39 is 11.9 Å². The molecule has 1 unspecified atom stereocenters. The second kappa shape index (κ2) is 3.68. The van der Waals surface area contributed by atoms with Crippen molar-refractivity contribution < 1.29 is 14.3 Å². The summed E-state index contributed by atoms with van der Waals surface area (Å²) in [6.07, 6.45) is 1.41. The molecule has 2 heterocycles. The monoisotopic (exact) mass is 210 g/mol. The van der Waals surface area contributed by atoms with E-state index in [4.69, 9.17) is 0 Å². The molecule has 0 spiro atoms. The molecule has 80 valence electrons. The summed E-state index contributed by atoms with van der Waals surface area (Å²) in [5, 5.41) is 6.48. The van der Waals surface area contributed by atoms with Gasteiger partial charge in [-0.2, -0.15) is 10.1 Å². The maximum Gasteiger partial charge on any atom is 0.306 e. The van der Waals surface area contributed by atoms with Crippen LogP contribution in [0.15, 0.2) is 6.33 Å². The first kappa shape index (κ1) is 9.63. The van der Waals surface area contributed by atoms with Crippen LogP contribution >= 0.6 is 0 Å². The lowest BCUT2D eigenvalue weighted by atomic mass is 10.0. The number of amides is 1. The van der Waals surface area contributed by atoms with Crippen molar-refractivity contribution in [1.29, 1.82) is 0 Å². The van der Waals surface area contributed by atoms with Crippen molar-refractivity contribution in [2.75, 3.05) is 12.4 Å². The van der Waals surface area contributed by atoms with Crippen LogP contribution in [0.4, 0.5) is 5.95 Å². The van der Waals surface area contributed by atoms with Gasteiger partial charge in [0.2, 0.25) is 11.9 Å². The predicted molar refractivity (Wildman–Crippen MR) is 48.8 cm³/mol. The number of aromatic nitrogens is 3. The van der Waals surface area contributed by atoms with Crippen molar-refractivity contribution in [3.8, 4) is 0 Å². The summed E-state index contributed by atoms with van der Waals surface area (Å²) < 4.78 is 6.06. The minimum atomic E-state index is -0.438. The number of ether oxygens (including phenoxy) is 1. The zero-order chi connectivity index (χ0) is 10.8. The van der Waals surface area contributed by atoms with E-state index in [0.29, 0.717) is 12.5 Å². The lowest BCUT2D eigenvalue weighted by Gasteiger charge is -2.20. The number of carbonyl (C=O) groups is 2. The van der Waals surface area contributed by atoms with Gasteiger partial charge in [-0.1, -0.05) is 0 Å². The topological polar surface area (TPSA) is 86.1 Å². The quantitative estimate of drug-likeness (QED) is 0.659. The molecular weight excluding hydrogens is 200 g/mol. The molecular formula is C8H10N4O3. The van der Waals surface area contributed by atoms with E-state index in [2.05, 4.69) is 20.1 Å². The molecule has 0 aromatic carbocycles. The van der Waals surface area contributed by atoms with Crippen LogP contribution in [0.5, 0.6) is 0 Å². The van der Waals surface area contributed by atoms with Crippen molar-refractivity contribution in [3.63, 3.8) is 0 Å². The standard InChI is InChI=1S/C8H10N4O3/c1-15-6(13)2-5-3-12-8(9-4-10-12)11-7(5)14/h4-5H,2-3H2,1H3,(H,9,10,11,14). The third kappa shape index (κ3) is 1.80. The molecule has 1 aromatic rings. The summed E-state index contributed by atoms with van der Waals surface area (Å²) in [6.45, 7) is 0.357. The molecule has 1 N–H and O–H groups in total. The second-order valence-corrected chi connectivity index (χ2v) is 3.23. The van der Waals surface area contributed by atoms with Gasteiger partial charge in [-0.15, -0.1) is 0 Å². The lowest BCUT2D eigenvalue weighted by Crippen LogP contribution is -2.35. The third-order valence-electron chi connectivity index (χ3n) is 2.26. The van der Waals surface area contributed by atoms with Gasteiger partial charge in [0.25, 0.3) is 0 Å². The van der Waals surface area contributed by atoms with E-state index in [0.717, 1.165) is 0 Å². The number of nitrogens with one attached hydrogen (secondary N) is 1. The molecule has 1 aliphatic heterocycles. The summed E-state index contributed by atoms with van der Waals surface area (Å²) in [5.41, 5.74) is 0. The zero-order valence-corrected chi connectivity index (χ0v) is 8.14. The van der Waals surface area contributed by atoms with Crippen molar-refractivity contribution >= 4 is 17.8 Å². The van der Waals surface area contributed by atoms with Crippen LogP contribution in [0.3, 0.4) is 0 Å². The van der Waals surface area contributed by atoms with E-state index in [-0.39, 0.29) is 12.3 Å². The Bertz CT molecular complexity index is 400. The third-order valence-corrected chi connectivity index (χ3v) is 2.26. The molecule has 7 heteroatoms. The molecule has 0 radical (unpaired) electrons. The Kier molecular flexibility index (Phi) is 2.36. The van der Waals surface area contributed by atoms with Gasteiger partial charge in [-0.3, -0.25) is 14.9 Å². The number of rotatable bonds is 2. The minimum absolute atomic E-state index is 0.0572. The van der Waals surface area contributed by atoms with Crippen LogP contribution in [-0.4, -0.2) is 33.8 Å². The number of methoxy groups -OCH3 is 1. The van der Waals surface area contributed by atoms with Crippen molar-refractivity contribution in [3.05, 3.63) is 6.33 Å². The van der Waals surface area contributed by atoms with Gasteiger partial charge >= 0.3 is 5.97 Å². The van der Waals surface area contributed by atoms with Gasteiger partial charge < -0.3 is 4.74 Å². The van der Waals surface area contributed by atoms with Crippen LogP contribution < -0.4 is 5.32 Å². The van der Waals surface area contributed by atoms with Crippen LogP contribution in [0.2, 0.25) is 0 Å². The molecule has 0 bridgehead atoms.